The summed E-state index contributed by atoms with van der Waals surface area (Å²) in [6, 6.07) is 11.0. The second kappa shape index (κ2) is 6.26. The molecule has 2 amide bonds. The van der Waals surface area contributed by atoms with E-state index in [9.17, 15) is 9.59 Å². The van der Waals surface area contributed by atoms with Crippen molar-refractivity contribution in [2.24, 2.45) is 22.9 Å². The minimum atomic E-state index is -1.09. The lowest BCUT2D eigenvalue weighted by molar-refractivity contribution is -0.154. The van der Waals surface area contributed by atoms with Gasteiger partial charge in [-0.3, -0.25) is 19.9 Å². The third kappa shape index (κ3) is 2.33. The number of pyridine rings is 1. The molecule has 1 aromatic heterocycles. The quantitative estimate of drug-likeness (QED) is 0.837. The van der Waals surface area contributed by atoms with Gasteiger partial charge in [0.25, 0.3) is 11.8 Å². The summed E-state index contributed by atoms with van der Waals surface area (Å²) >= 11 is 0. The molecule has 5 rings (SSSR count). The molecule has 1 N–H and O–H groups in total. The SMILES string of the molecule is Cc1ccccc1C(=O)NC(=O)C12ON=C(c3cccnc3)C1C1CCC2C1. The number of imide groups is 1. The standard InChI is InChI=1S/C22H21N3O3/c1-13-5-2-3-7-17(13)20(26)24-21(27)22-16-9-8-14(11-16)18(22)19(25-28-22)15-6-4-10-23-12-15/h2-7,10,12,14,16,18H,8-9,11H2,1H3,(H,24,26,27). The highest BCUT2D eigenvalue weighted by molar-refractivity contribution is 6.13. The zero-order valence-electron chi connectivity index (χ0n) is 15.6. The van der Waals surface area contributed by atoms with Crippen LogP contribution in [0.1, 0.15) is 40.7 Å². The molecule has 1 aliphatic heterocycles. The summed E-state index contributed by atoms with van der Waals surface area (Å²) < 4.78 is 0. The molecule has 2 aliphatic carbocycles. The van der Waals surface area contributed by atoms with E-state index in [-0.39, 0.29) is 17.7 Å². The van der Waals surface area contributed by atoms with E-state index < -0.39 is 11.5 Å². The molecule has 0 spiro atoms. The first-order chi connectivity index (χ1) is 13.6. The van der Waals surface area contributed by atoms with Crippen molar-refractivity contribution in [3.63, 3.8) is 0 Å². The summed E-state index contributed by atoms with van der Waals surface area (Å²) in [5, 5.41) is 6.93. The maximum atomic E-state index is 13.4. The van der Waals surface area contributed by atoms with Crippen molar-refractivity contribution in [3.8, 4) is 0 Å². The largest absolute Gasteiger partial charge is 0.378 e. The van der Waals surface area contributed by atoms with Crippen molar-refractivity contribution in [2.75, 3.05) is 0 Å². The smallest absolute Gasteiger partial charge is 0.274 e. The van der Waals surface area contributed by atoms with Crippen LogP contribution in [0.3, 0.4) is 0 Å². The summed E-state index contributed by atoms with van der Waals surface area (Å²) in [7, 11) is 0. The first kappa shape index (κ1) is 17.1. The van der Waals surface area contributed by atoms with Gasteiger partial charge in [-0.25, -0.2) is 0 Å². The number of aromatic nitrogens is 1. The average Bonchev–Trinajstić information content (AvgIpc) is 3.41. The van der Waals surface area contributed by atoms with Gasteiger partial charge in [0.2, 0.25) is 5.60 Å². The van der Waals surface area contributed by atoms with E-state index in [1.165, 1.54) is 0 Å². The fraction of sp³-hybridized carbons (Fsp3) is 0.364. The molecule has 2 fully saturated rings. The van der Waals surface area contributed by atoms with E-state index in [4.69, 9.17) is 4.84 Å². The number of amides is 2. The van der Waals surface area contributed by atoms with E-state index >= 15 is 0 Å². The average molecular weight is 375 g/mol. The monoisotopic (exact) mass is 375 g/mol. The van der Waals surface area contributed by atoms with Gasteiger partial charge >= 0.3 is 0 Å². The highest BCUT2D eigenvalue weighted by atomic mass is 16.7. The van der Waals surface area contributed by atoms with Gasteiger partial charge in [-0.15, -0.1) is 0 Å². The number of fused-ring (bicyclic) bond motifs is 5. The third-order valence-corrected chi connectivity index (χ3v) is 6.53. The number of carbonyl (C=O) groups is 2. The molecule has 2 aromatic rings. The lowest BCUT2D eigenvalue weighted by Gasteiger charge is -2.35. The number of nitrogens with one attached hydrogen (secondary N) is 1. The van der Waals surface area contributed by atoms with Crippen molar-refractivity contribution in [1.29, 1.82) is 0 Å². The maximum Gasteiger partial charge on any atom is 0.274 e. The molecule has 4 unspecified atom stereocenters. The molecular formula is C22H21N3O3. The number of benzene rings is 1. The Balaban J connectivity index is 1.46. The van der Waals surface area contributed by atoms with Crippen molar-refractivity contribution in [1.82, 2.24) is 10.3 Å². The van der Waals surface area contributed by atoms with Crippen LogP contribution in [0.4, 0.5) is 0 Å². The molecule has 2 saturated carbocycles. The van der Waals surface area contributed by atoms with Crippen LogP contribution in [0.2, 0.25) is 0 Å². The van der Waals surface area contributed by atoms with Gasteiger partial charge in [0, 0.05) is 29.4 Å². The Morgan fingerprint density at radius 1 is 1.18 bits per heavy atom. The number of nitrogens with zero attached hydrogens (tertiary/aromatic N) is 2. The number of carbonyl (C=O) groups excluding carboxylic acids is 2. The van der Waals surface area contributed by atoms with Crippen LogP contribution in [-0.4, -0.2) is 28.1 Å². The number of oxime groups is 1. The molecule has 1 aromatic carbocycles. The zero-order chi connectivity index (χ0) is 19.3. The van der Waals surface area contributed by atoms with Gasteiger partial charge < -0.3 is 4.84 Å². The van der Waals surface area contributed by atoms with Crippen LogP contribution >= 0.6 is 0 Å². The predicted molar refractivity (Wildman–Crippen MR) is 103 cm³/mol. The molecule has 28 heavy (non-hydrogen) atoms. The summed E-state index contributed by atoms with van der Waals surface area (Å²) in [6.07, 6.45) is 6.36. The molecule has 2 heterocycles. The van der Waals surface area contributed by atoms with Crippen molar-refractivity contribution < 1.29 is 14.4 Å². The molecular weight excluding hydrogens is 354 g/mol. The normalized spacial score (nSPS) is 29.8. The van der Waals surface area contributed by atoms with Crippen molar-refractivity contribution in [2.45, 2.75) is 31.8 Å². The van der Waals surface area contributed by atoms with Crippen LogP contribution in [0.15, 0.2) is 53.9 Å². The fourth-order valence-electron chi connectivity index (χ4n) is 5.26. The second-order valence-corrected chi connectivity index (χ2v) is 7.95. The van der Waals surface area contributed by atoms with Crippen LogP contribution in [0, 0.1) is 24.7 Å². The Morgan fingerprint density at radius 3 is 2.82 bits per heavy atom. The van der Waals surface area contributed by atoms with Gasteiger partial charge in [-0.05, 0) is 55.9 Å². The Bertz CT molecular complexity index is 988. The number of hydrogen-bond acceptors (Lipinski definition) is 5. The van der Waals surface area contributed by atoms with Gasteiger partial charge in [0.15, 0.2) is 0 Å². The van der Waals surface area contributed by atoms with Gasteiger partial charge in [0.1, 0.15) is 0 Å². The molecule has 2 bridgehead atoms. The number of aryl methyl sites for hydroxylation is 1. The fourth-order valence-corrected chi connectivity index (χ4v) is 5.26. The summed E-state index contributed by atoms with van der Waals surface area (Å²) in [5.41, 5.74) is 1.89. The predicted octanol–water partition coefficient (Wildman–Crippen LogP) is 2.87. The van der Waals surface area contributed by atoms with Crippen molar-refractivity contribution >= 4 is 17.5 Å². The first-order valence-corrected chi connectivity index (χ1v) is 9.69. The Kier molecular flexibility index (Phi) is 3.82. The van der Waals surface area contributed by atoms with Crippen molar-refractivity contribution in [3.05, 3.63) is 65.5 Å². The molecule has 3 aliphatic rings. The van der Waals surface area contributed by atoms with E-state index in [1.54, 1.807) is 24.5 Å². The molecule has 6 nitrogen and oxygen atoms in total. The molecule has 0 radical (unpaired) electrons. The molecule has 142 valence electrons. The Labute approximate surface area is 163 Å². The lowest BCUT2D eigenvalue weighted by atomic mass is 9.71. The molecule has 0 saturated heterocycles. The Hall–Kier alpha value is -3.02. The van der Waals surface area contributed by atoms with Crippen LogP contribution in [0.5, 0.6) is 0 Å². The van der Waals surface area contributed by atoms with Gasteiger partial charge in [0.05, 0.1) is 11.6 Å². The van der Waals surface area contributed by atoms with E-state index in [2.05, 4.69) is 15.5 Å². The highest BCUT2D eigenvalue weighted by Gasteiger charge is 2.69. The first-order valence-electron chi connectivity index (χ1n) is 9.69. The minimum absolute atomic E-state index is 0.0742. The van der Waals surface area contributed by atoms with Crippen LogP contribution < -0.4 is 5.32 Å². The van der Waals surface area contributed by atoms with E-state index in [1.807, 2.05) is 31.2 Å². The lowest BCUT2D eigenvalue weighted by Crippen LogP contribution is -2.57. The number of rotatable bonds is 3. The zero-order valence-corrected chi connectivity index (χ0v) is 15.6. The summed E-state index contributed by atoms with van der Waals surface area (Å²) in [5.74, 6) is -0.492. The summed E-state index contributed by atoms with van der Waals surface area (Å²) in [6.45, 7) is 1.85. The highest BCUT2D eigenvalue weighted by Crippen LogP contribution is 2.59. The van der Waals surface area contributed by atoms with Gasteiger partial charge in [-0.1, -0.05) is 23.4 Å². The minimum Gasteiger partial charge on any atom is -0.378 e. The van der Waals surface area contributed by atoms with Crippen LogP contribution in [0.25, 0.3) is 0 Å². The van der Waals surface area contributed by atoms with Gasteiger partial charge in [-0.2, -0.15) is 0 Å². The van der Waals surface area contributed by atoms with E-state index in [0.717, 1.165) is 36.1 Å². The topological polar surface area (TPSA) is 80.7 Å². The number of hydrogen-bond donors (Lipinski definition) is 1. The maximum absolute atomic E-state index is 13.4. The second-order valence-electron chi connectivity index (χ2n) is 7.95. The Morgan fingerprint density at radius 2 is 2.04 bits per heavy atom. The molecule has 6 heteroatoms. The molecule has 4 atom stereocenters. The third-order valence-electron chi connectivity index (χ3n) is 6.53. The van der Waals surface area contributed by atoms with Crippen LogP contribution in [-0.2, 0) is 9.63 Å². The summed E-state index contributed by atoms with van der Waals surface area (Å²) in [4.78, 5) is 36.2. The van der Waals surface area contributed by atoms with E-state index in [0.29, 0.717) is 11.5 Å².